The van der Waals surface area contributed by atoms with Gasteiger partial charge in [0, 0.05) is 11.5 Å². The highest BCUT2D eigenvalue weighted by atomic mass is 16.3. The van der Waals surface area contributed by atoms with E-state index in [1.807, 2.05) is 12.1 Å². The molecule has 2 nitrogen and oxygen atoms in total. The quantitative estimate of drug-likeness (QED) is 0.568. The average molecular weight is 377 g/mol. The Kier molecular flexibility index (Phi) is 4.19. The van der Waals surface area contributed by atoms with Gasteiger partial charge in [-0.25, -0.2) is 0 Å². The summed E-state index contributed by atoms with van der Waals surface area (Å²) in [5, 5.41) is 21.7. The van der Waals surface area contributed by atoms with Gasteiger partial charge in [0.1, 0.15) is 11.5 Å². The van der Waals surface area contributed by atoms with Gasteiger partial charge < -0.3 is 10.2 Å². The second kappa shape index (κ2) is 6.14. The van der Waals surface area contributed by atoms with Gasteiger partial charge in [-0.05, 0) is 64.8 Å². The van der Waals surface area contributed by atoms with E-state index >= 15 is 0 Å². The Morgan fingerprint density at radius 3 is 1.96 bits per heavy atom. The van der Waals surface area contributed by atoms with E-state index in [1.54, 1.807) is 0 Å². The second-order valence-electron chi connectivity index (χ2n) is 10.4. The smallest absolute Gasteiger partial charge is 0.123 e. The Morgan fingerprint density at radius 1 is 0.929 bits per heavy atom. The summed E-state index contributed by atoms with van der Waals surface area (Å²) >= 11 is 0. The lowest BCUT2D eigenvalue weighted by atomic mass is 9.45. The molecule has 0 spiro atoms. The van der Waals surface area contributed by atoms with Gasteiger partial charge in [-0.3, -0.25) is 0 Å². The van der Waals surface area contributed by atoms with Crippen molar-refractivity contribution < 1.29 is 10.2 Å². The third-order valence-electron chi connectivity index (χ3n) is 7.32. The van der Waals surface area contributed by atoms with Crippen LogP contribution in [0.2, 0.25) is 0 Å². The zero-order valence-corrected chi connectivity index (χ0v) is 17.9. The first-order chi connectivity index (χ1) is 13.0. The van der Waals surface area contributed by atoms with Gasteiger partial charge in [-0.1, -0.05) is 70.5 Å². The Hall–Kier alpha value is -2.22. The molecule has 2 aromatic rings. The average Bonchev–Trinajstić information content (AvgIpc) is 2.59. The lowest BCUT2D eigenvalue weighted by Crippen LogP contribution is -2.50. The number of benzene rings is 2. The van der Waals surface area contributed by atoms with Gasteiger partial charge >= 0.3 is 0 Å². The molecule has 0 aliphatic heterocycles. The zero-order valence-electron chi connectivity index (χ0n) is 17.9. The summed E-state index contributed by atoms with van der Waals surface area (Å²) in [6, 6.07) is 12.0. The molecule has 0 amide bonds. The molecule has 2 heteroatoms. The van der Waals surface area contributed by atoms with Crippen LogP contribution < -0.4 is 0 Å². The third-order valence-corrected chi connectivity index (χ3v) is 7.32. The maximum Gasteiger partial charge on any atom is 0.123 e. The summed E-state index contributed by atoms with van der Waals surface area (Å²) < 4.78 is 0. The van der Waals surface area contributed by atoms with Crippen LogP contribution in [0, 0.1) is 17.3 Å². The minimum atomic E-state index is 0.0808. The normalized spacial score (nSPS) is 25.8. The van der Waals surface area contributed by atoms with Crippen molar-refractivity contribution in [1.29, 1.82) is 0 Å². The number of phenolic OH excluding ortho intramolecular Hbond substituents is 2. The van der Waals surface area contributed by atoms with Gasteiger partial charge in [0.2, 0.25) is 0 Å². The number of hydrogen-bond donors (Lipinski definition) is 2. The zero-order chi connectivity index (χ0) is 20.4. The van der Waals surface area contributed by atoms with Gasteiger partial charge in [0.25, 0.3) is 0 Å². The molecular formula is C26H32O2. The van der Waals surface area contributed by atoms with E-state index in [2.05, 4.69) is 71.9 Å². The van der Waals surface area contributed by atoms with E-state index in [9.17, 15) is 10.2 Å². The van der Waals surface area contributed by atoms with Crippen molar-refractivity contribution in [3.8, 4) is 22.6 Å². The van der Waals surface area contributed by atoms with E-state index in [-0.39, 0.29) is 28.2 Å². The minimum Gasteiger partial charge on any atom is -0.507 e. The molecule has 1 saturated carbocycles. The Labute approximate surface area is 168 Å². The minimum absolute atomic E-state index is 0.0808. The Bertz CT molecular complexity index is 918. The van der Waals surface area contributed by atoms with Crippen LogP contribution in [-0.4, -0.2) is 10.2 Å². The van der Waals surface area contributed by atoms with E-state index in [1.165, 1.54) is 11.1 Å². The molecule has 28 heavy (non-hydrogen) atoms. The predicted octanol–water partition coefficient (Wildman–Crippen LogP) is 6.77. The fourth-order valence-electron chi connectivity index (χ4n) is 5.44. The Morgan fingerprint density at radius 2 is 1.50 bits per heavy atom. The standard InChI is InChI=1S/C26H32O2/c1-15-11-19(21-14-20(15)26(21,5)6)24-22(27)12-17(13-23(24)28)16-7-9-18(10-8-16)25(2,3)4/h7-13,19-21,27-28H,14H2,1-6H3. The van der Waals surface area contributed by atoms with Crippen molar-refractivity contribution in [1.82, 2.24) is 0 Å². The first-order valence-electron chi connectivity index (χ1n) is 10.3. The van der Waals surface area contributed by atoms with Crippen LogP contribution >= 0.6 is 0 Å². The lowest BCUT2D eigenvalue weighted by molar-refractivity contribution is -0.0198. The number of phenols is 2. The second-order valence-corrected chi connectivity index (χ2v) is 10.4. The first kappa shape index (κ1) is 19.1. The van der Waals surface area contributed by atoms with Gasteiger partial charge in [-0.2, -0.15) is 0 Å². The molecule has 148 valence electrons. The lowest BCUT2D eigenvalue weighted by Gasteiger charge is -2.59. The van der Waals surface area contributed by atoms with E-state index < -0.39 is 0 Å². The SMILES string of the molecule is CC1=CC(c2c(O)cc(-c3ccc(C(C)(C)C)cc3)cc2O)C2CC1C2(C)C. The molecule has 3 unspecified atom stereocenters. The van der Waals surface area contributed by atoms with Crippen molar-refractivity contribution >= 4 is 0 Å². The maximum atomic E-state index is 10.9. The molecule has 0 radical (unpaired) electrons. The van der Waals surface area contributed by atoms with Crippen LogP contribution in [0.3, 0.4) is 0 Å². The summed E-state index contributed by atoms with van der Waals surface area (Å²) in [5.74, 6) is 1.58. The molecule has 0 heterocycles. The van der Waals surface area contributed by atoms with Crippen LogP contribution in [0.1, 0.15) is 65.0 Å². The predicted molar refractivity (Wildman–Crippen MR) is 116 cm³/mol. The molecule has 1 fully saturated rings. The maximum absolute atomic E-state index is 10.9. The fraction of sp³-hybridized carbons (Fsp3) is 0.462. The molecule has 3 atom stereocenters. The number of fused-ring (bicyclic) bond motifs is 1. The molecule has 2 N–H and O–H groups in total. The molecule has 3 aliphatic carbocycles. The highest BCUT2D eigenvalue weighted by molar-refractivity contribution is 5.70. The van der Waals surface area contributed by atoms with Crippen LogP contribution in [0.5, 0.6) is 11.5 Å². The van der Waals surface area contributed by atoms with Crippen LogP contribution in [0.4, 0.5) is 0 Å². The van der Waals surface area contributed by atoms with Crippen molar-refractivity contribution in [3.05, 3.63) is 59.2 Å². The van der Waals surface area contributed by atoms with Crippen molar-refractivity contribution in [3.63, 3.8) is 0 Å². The molecule has 2 bridgehead atoms. The number of hydrogen-bond acceptors (Lipinski definition) is 2. The molecule has 3 aliphatic rings. The van der Waals surface area contributed by atoms with Gasteiger partial charge in [0.05, 0.1) is 0 Å². The summed E-state index contributed by atoms with van der Waals surface area (Å²) in [4.78, 5) is 0. The molecular weight excluding hydrogens is 344 g/mol. The van der Waals surface area contributed by atoms with Gasteiger partial charge in [0.15, 0.2) is 0 Å². The molecule has 0 saturated heterocycles. The fourth-order valence-corrected chi connectivity index (χ4v) is 5.44. The van der Waals surface area contributed by atoms with Crippen LogP contribution in [0.15, 0.2) is 48.0 Å². The van der Waals surface area contributed by atoms with E-state index in [0.29, 0.717) is 17.4 Å². The van der Waals surface area contributed by atoms with Crippen molar-refractivity contribution in [2.45, 2.75) is 59.3 Å². The number of aromatic hydroxyl groups is 2. The number of rotatable bonds is 2. The highest BCUT2D eigenvalue weighted by Crippen LogP contribution is 2.64. The molecule has 2 aromatic carbocycles. The molecule has 0 aromatic heterocycles. The highest BCUT2D eigenvalue weighted by Gasteiger charge is 2.55. The van der Waals surface area contributed by atoms with Crippen molar-refractivity contribution in [2.75, 3.05) is 0 Å². The first-order valence-corrected chi connectivity index (χ1v) is 10.3. The summed E-state index contributed by atoms with van der Waals surface area (Å²) in [7, 11) is 0. The Balaban J connectivity index is 1.71. The summed E-state index contributed by atoms with van der Waals surface area (Å²) in [6.07, 6.45) is 3.41. The summed E-state index contributed by atoms with van der Waals surface area (Å²) in [5.41, 5.74) is 5.52. The largest absolute Gasteiger partial charge is 0.507 e. The van der Waals surface area contributed by atoms with Crippen molar-refractivity contribution in [2.24, 2.45) is 17.3 Å². The molecule has 5 rings (SSSR count). The monoisotopic (exact) mass is 376 g/mol. The van der Waals surface area contributed by atoms with Crippen LogP contribution in [-0.2, 0) is 5.41 Å². The van der Waals surface area contributed by atoms with E-state index in [0.717, 1.165) is 17.5 Å². The number of allylic oxidation sites excluding steroid dienone is 2. The topological polar surface area (TPSA) is 40.5 Å². The van der Waals surface area contributed by atoms with Gasteiger partial charge in [-0.15, -0.1) is 0 Å². The third kappa shape index (κ3) is 2.85. The summed E-state index contributed by atoms with van der Waals surface area (Å²) in [6.45, 7) is 13.4. The van der Waals surface area contributed by atoms with Crippen LogP contribution in [0.25, 0.3) is 11.1 Å². The van der Waals surface area contributed by atoms with E-state index in [4.69, 9.17) is 0 Å².